The van der Waals surface area contributed by atoms with Gasteiger partial charge in [-0.25, -0.2) is 9.18 Å². The predicted octanol–water partition coefficient (Wildman–Crippen LogP) is 3.77. The first-order valence-corrected chi connectivity index (χ1v) is 10.3. The molecule has 0 aromatic heterocycles. The third kappa shape index (κ3) is 3.08. The number of benzene rings is 2. The van der Waals surface area contributed by atoms with Crippen molar-refractivity contribution in [2.45, 2.75) is 49.7 Å². The monoisotopic (exact) mass is 379 g/mol. The van der Waals surface area contributed by atoms with Gasteiger partial charge in [0, 0.05) is 18.1 Å². The van der Waals surface area contributed by atoms with Crippen molar-refractivity contribution in [2.75, 3.05) is 13.1 Å². The van der Waals surface area contributed by atoms with Crippen molar-refractivity contribution in [1.29, 1.82) is 0 Å². The van der Waals surface area contributed by atoms with Crippen LogP contribution in [0.3, 0.4) is 0 Å². The number of carbonyl (C=O) groups excluding carboxylic acids is 1. The van der Waals surface area contributed by atoms with Gasteiger partial charge in [0.1, 0.15) is 5.82 Å². The third-order valence-corrected chi connectivity index (χ3v) is 6.64. The minimum Gasteiger partial charge on any atom is -0.332 e. The highest BCUT2D eigenvalue weighted by Gasteiger charge is 2.47. The number of fused-ring (bicyclic) bond motifs is 4. The fraction of sp³-hybridized carbons (Fsp3) is 0.435. The van der Waals surface area contributed by atoms with Gasteiger partial charge in [0.15, 0.2) is 0 Å². The molecule has 5 heteroatoms. The lowest BCUT2D eigenvalue weighted by Gasteiger charge is -2.48. The van der Waals surface area contributed by atoms with Gasteiger partial charge in [-0.1, -0.05) is 36.4 Å². The third-order valence-electron chi connectivity index (χ3n) is 6.64. The predicted molar refractivity (Wildman–Crippen MR) is 107 cm³/mol. The van der Waals surface area contributed by atoms with Crippen LogP contribution in [0.25, 0.3) is 0 Å². The second-order valence-electron chi connectivity index (χ2n) is 8.47. The summed E-state index contributed by atoms with van der Waals surface area (Å²) < 4.78 is 13.5. The Morgan fingerprint density at radius 2 is 1.93 bits per heavy atom. The Morgan fingerprint density at radius 1 is 1.14 bits per heavy atom. The van der Waals surface area contributed by atoms with Crippen LogP contribution in [0.4, 0.5) is 9.18 Å². The first-order valence-electron chi connectivity index (χ1n) is 10.3. The van der Waals surface area contributed by atoms with Crippen LogP contribution in [-0.4, -0.2) is 35.6 Å². The molecule has 1 aliphatic carbocycles. The molecule has 2 bridgehead atoms. The first kappa shape index (κ1) is 17.7. The minimum atomic E-state index is -0.255. The van der Waals surface area contributed by atoms with E-state index < -0.39 is 0 Å². The lowest BCUT2D eigenvalue weighted by Crippen LogP contribution is -2.63. The molecule has 0 spiro atoms. The molecule has 0 radical (unpaired) electrons. The standard InChI is InChI=1S/C23H26FN3O/c24-18-8-6-17(7-9-18)21-20-5-2-1-4-16(20)10-13-27(21)22(28)26-23-11-3-12-25-19(14-23)15-23/h1-2,4-9,19,21,25H,3,10-15H2,(H,26,28)/t19?,21-,23?/m0/s1. The molecular formula is C23H26FN3O. The van der Waals surface area contributed by atoms with Gasteiger partial charge in [-0.05, 0) is 67.5 Å². The summed E-state index contributed by atoms with van der Waals surface area (Å²) in [6.45, 7) is 1.71. The van der Waals surface area contributed by atoms with Crippen molar-refractivity contribution in [3.8, 4) is 0 Å². The Labute approximate surface area is 165 Å². The highest BCUT2D eigenvalue weighted by atomic mass is 19.1. The molecule has 4 nitrogen and oxygen atoms in total. The van der Waals surface area contributed by atoms with Crippen LogP contribution < -0.4 is 10.6 Å². The summed E-state index contributed by atoms with van der Waals surface area (Å²) in [6.07, 6.45) is 5.02. The largest absolute Gasteiger partial charge is 0.332 e. The number of hydrogen-bond donors (Lipinski definition) is 2. The molecule has 2 saturated heterocycles. The van der Waals surface area contributed by atoms with E-state index in [-0.39, 0.29) is 23.4 Å². The van der Waals surface area contributed by atoms with E-state index in [0.29, 0.717) is 12.6 Å². The number of urea groups is 1. The molecule has 3 heterocycles. The molecule has 3 aliphatic heterocycles. The normalized spacial score (nSPS) is 28.7. The number of nitrogens with one attached hydrogen (secondary N) is 2. The Hall–Kier alpha value is -2.40. The smallest absolute Gasteiger partial charge is 0.318 e. The van der Waals surface area contributed by atoms with Crippen molar-refractivity contribution >= 4 is 6.03 Å². The van der Waals surface area contributed by atoms with E-state index in [2.05, 4.69) is 22.8 Å². The van der Waals surface area contributed by atoms with E-state index in [9.17, 15) is 9.18 Å². The molecule has 4 aliphatic rings. The maximum atomic E-state index is 13.5. The molecule has 28 heavy (non-hydrogen) atoms. The average Bonchev–Trinajstić information content (AvgIpc) is 3.01. The second kappa shape index (κ2) is 6.89. The maximum Gasteiger partial charge on any atom is 0.318 e. The highest BCUT2D eigenvalue weighted by Crippen LogP contribution is 2.40. The molecule has 2 aromatic carbocycles. The van der Waals surface area contributed by atoms with Crippen LogP contribution in [0, 0.1) is 5.82 Å². The molecule has 1 saturated carbocycles. The first-order chi connectivity index (χ1) is 13.6. The van der Waals surface area contributed by atoms with Crippen LogP contribution in [0.5, 0.6) is 0 Å². The van der Waals surface area contributed by atoms with E-state index >= 15 is 0 Å². The van der Waals surface area contributed by atoms with Gasteiger partial charge in [-0.2, -0.15) is 0 Å². The Kier molecular flexibility index (Phi) is 4.35. The van der Waals surface area contributed by atoms with Crippen LogP contribution in [0.15, 0.2) is 48.5 Å². The van der Waals surface area contributed by atoms with E-state index in [1.807, 2.05) is 17.0 Å². The lowest BCUT2D eigenvalue weighted by molar-refractivity contribution is 0.120. The van der Waals surface area contributed by atoms with Crippen LogP contribution in [0.1, 0.15) is 48.4 Å². The second-order valence-corrected chi connectivity index (χ2v) is 8.47. The Bertz CT molecular complexity index is 870. The topological polar surface area (TPSA) is 44.4 Å². The molecule has 3 fully saturated rings. The lowest BCUT2D eigenvalue weighted by atomic mass is 9.71. The van der Waals surface area contributed by atoms with Crippen LogP contribution in [-0.2, 0) is 6.42 Å². The zero-order chi connectivity index (χ0) is 19.1. The van der Waals surface area contributed by atoms with E-state index in [1.54, 1.807) is 12.1 Å². The molecule has 2 amide bonds. The minimum absolute atomic E-state index is 0.00387. The molecule has 2 aromatic rings. The van der Waals surface area contributed by atoms with Gasteiger partial charge in [-0.3, -0.25) is 0 Å². The van der Waals surface area contributed by atoms with Gasteiger partial charge < -0.3 is 15.5 Å². The summed E-state index contributed by atoms with van der Waals surface area (Å²) in [4.78, 5) is 15.3. The van der Waals surface area contributed by atoms with E-state index in [0.717, 1.165) is 49.8 Å². The van der Waals surface area contributed by atoms with Crippen molar-refractivity contribution < 1.29 is 9.18 Å². The zero-order valence-corrected chi connectivity index (χ0v) is 16.0. The van der Waals surface area contributed by atoms with Gasteiger partial charge in [0.25, 0.3) is 0 Å². The summed E-state index contributed by atoms with van der Waals surface area (Å²) in [5.74, 6) is -0.255. The molecule has 2 N–H and O–H groups in total. The number of rotatable bonds is 2. The molecule has 146 valence electrons. The summed E-state index contributed by atoms with van der Waals surface area (Å²) in [6, 6.07) is 15.2. The van der Waals surface area contributed by atoms with Gasteiger partial charge in [0.05, 0.1) is 6.04 Å². The SMILES string of the molecule is O=C(NC12CCCNC(C1)C2)N1CCc2ccccc2[C@@H]1c1ccc(F)cc1. The maximum absolute atomic E-state index is 13.5. The molecule has 0 unspecified atom stereocenters. The summed E-state index contributed by atoms with van der Waals surface area (Å²) in [5, 5.41) is 6.93. The van der Waals surface area contributed by atoms with Crippen LogP contribution in [0.2, 0.25) is 0 Å². The van der Waals surface area contributed by atoms with E-state index in [1.165, 1.54) is 17.7 Å². The summed E-state index contributed by atoms with van der Waals surface area (Å²) in [7, 11) is 0. The Balaban J connectivity index is 1.45. The quantitative estimate of drug-likeness (QED) is 0.834. The number of hydrogen-bond acceptors (Lipinski definition) is 2. The van der Waals surface area contributed by atoms with Crippen molar-refractivity contribution in [3.05, 3.63) is 71.0 Å². The number of carbonyl (C=O) groups is 1. The van der Waals surface area contributed by atoms with Gasteiger partial charge in [0.2, 0.25) is 0 Å². The molecule has 6 rings (SSSR count). The fourth-order valence-corrected chi connectivity index (χ4v) is 5.22. The fourth-order valence-electron chi connectivity index (χ4n) is 5.22. The summed E-state index contributed by atoms with van der Waals surface area (Å²) in [5.41, 5.74) is 3.30. The number of amides is 2. The number of nitrogens with zero attached hydrogens (tertiary/aromatic N) is 1. The van der Waals surface area contributed by atoms with E-state index in [4.69, 9.17) is 0 Å². The number of halogens is 1. The van der Waals surface area contributed by atoms with Gasteiger partial charge in [-0.15, -0.1) is 0 Å². The highest BCUT2D eigenvalue weighted by molar-refractivity contribution is 5.77. The molecule has 1 atom stereocenters. The average molecular weight is 379 g/mol. The van der Waals surface area contributed by atoms with Crippen LogP contribution >= 0.6 is 0 Å². The van der Waals surface area contributed by atoms with Gasteiger partial charge >= 0.3 is 6.03 Å². The Morgan fingerprint density at radius 3 is 2.75 bits per heavy atom. The van der Waals surface area contributed by atoms with Crippen molar-refractivity contribution in [3.63, 3.8) is 0 Å². The molecular weight excluding hydrogens is 353 g/mol. The zero-order valence-electron chi connectivity index (χ0n) is 16.0. The van der Waals surface area contributed by atoms with Crippen molar-refractivity contribution in [2.24, 2.45) is 0 Å². The van der Waals surface area contributed by atoms with Crippen molar-refractivity contribution in [1.82, 2.24) is 15.5 Å². The summed E-state index contributed by atoms with van der Waals surface area (Å²) >= 11 is 0.